The van der Waals surface area contributed by atoms with E-state index in [4.69, 9.17) is 9.47 Å². The molecular formula is C21H25N3O4S. The number of H-pyrrole nitrogens is 1. The molecule has 8 heteroatoms. The summed E-state index contributed by atoms with van der Waals surface area (Å²) < 4.78 is 10.8. The highest BCUT2D eigenvalue weighted by Gasteiger charge is 2.14. The number of aromatic amines is 1. The summed E-state index contributed by atoms with van der Waals surface area (Å²) in [6.07, 6.45) is 0.667. The zero-order valence-corrected chi connectivity index (χ0v) is 17.9. The van der Waals surface area contributed by atoms with Crippen LogP contribution in [0.25, 0.3) is 10.2 Å². The van der Waals surface area contributed by atoms with E-state index in [0.717, 1.165) is 26.8 Å². The van der Waals surface area contributed by atoms with Crippen molar-refractivity contribution in [2.75, 3.05) is 27.3 Å². The maximum Gasteiger partial charge on any atom is 0.259 e. The number of amides is 1. The Hall–Kier alpha value is -2.87. The summed E-state index contributed by atoms with van der Waals surface area (Å²) in [7, 11) is 3.35. The number of thiophene rings is 1. The van der Waals surface area contributed by atoms with Crippen LogP contribution in [0.3, 0.4) is 0 Å². The Morgan fingerprint density at radius 2 is 1.90 bits per heavy atom. The number of hydrogen-bond donors (Lipinski definition) is 1. The lowest BCUT2D eigenvalue weighted by molar-refractivity contribution is -0.130. The maximum absolute atomic E-state index is 12.4. The van der Waals surface area contributed by atoms with Crippen molar-refractivity contribution in [3.05, 3.63) is 50.9 Å². The predicted molar refractivity (Wildman–Crippen MR) is 114 cm³/mol. The Bertz CT molecular complexity index is 1060. The normalized spacial score (nSPS) is 10.9. The number of methoxy groups -OCH3 is 1. The quantitative estimate of drug-likeness (QED) is 0.611. The third-order valence-electron chi connectivity index (χ3n) is 4.84. The minimum Gasteiger partial charge on any atom is -0.497 e. The second kappa shape index (κ2) is 9.09. The van der Waals surface area contributed by atoms with Gasteiger partial charge in [-0.25, -0.2) is 4.98 Å². The van der Waals surface area contributed by atoms with Gasteiger partial charge in [-0.05, 0) is 43.7 Å². The summed E-state index contributed by atoms with van der Waals surface area (Å²) in [5, 5.41) is 0.648. The monoisotopic (exact) mass is 415 g/mol. The number of ether oxygens (including phenoxy) is 2. The smallest absolute Gasteiger partial charge is 0.259 e. The van der Waals surface area contributed by atoms with Crippen LogP contribution >= 0.6 is 11.3 Å². The van der Waals surface area contributed by atoms with Gasteiger partial charge in [0.05, 0.1) is 19.0 Å². The molecule has 3 rings (SSSR count). The average molecular weight is 416 g/mol. The van der Waals surface area contributed by atoms with Crippen molar-refractivity contribution in [2.24, 2.45) is 0 Å². The van der Waals surface area contributed by atoms with Gasteiger partial charge in [-0.3, -0.25) is 9.59 Å². The fourth-order valence-corrected chi connectivity index (χ4v) is 3.98. The zero-order valence-electron chi connectivity index (χ0n) is 17.1. The van der Waals surface area contributed by atoms with E-state index in [1.165, 1.54) is 11.3 Å². The number of aryl methyl sites for hydroxylation is 3. The van der Waals surface area contributed by atoms with Gasteiger partial charge in [-0.2, -0.15) is 0 Å². The number of carbonyl (C=O) groups is 1. The van der Waals surface area contributed by atoms with Crippen LogP contribution in [0.5, 0.6) is 11.5 Å². The highest BCUT2D eigenvalue weighted by atomic mass is 32.1. The molecule has 0 aliphatic heterocycles. The molecule has 0 spiro atoms. The average Bonchev–Trinajstić information content (AvgIpc) is 3.00. The molecule has 3 aromatic rings. The number of likely N-dealkylation sites (N-methyl/N-ethyl adjacent to an activating group) is 1. The molecule has 1 amide bonds. The minimum absolute atomic E-state index is 0.0235. The van der Waals surface area contributed by atoms with Gasteiger partial charge in [0.15, 0.2) is 0 Å². The molecule has 7 nitrogen and oxygen atoms in total. The first-order valence-corrected chi connectivity index (χ1v) is 10.2. The second-order valence-corrected chi connectivity index (χ2v) is 8.02. The van der Waals surface area contributed by atoms with Crippen molar-refractivity contribution in [3.8, 4) is 11.5 Å². The van der Waals surface area contributed by atoms with Gasteiger partial charge in [-0.15, -0.1) is 11.3 Å². The van der Waals surface area contributed by atoms with Gasteiger partial charge in [0.1, 0.15) is 28.8 Å². The van der Waals surface area contributed by atoms with Crippen LogP contribution in [-0.4, -0.2) is 48.1 Å². The van der Waals surface area contributed by atoms with Gasteiger partial charge in [0.25, 0.3) is 5.56 Å². The largest absolute Gasteiger partial charge is 0.497 e. The Morgan fingerprint density at radius 3 is 2.59 bits per heavy atom. The van der Waals surface area contributed by atoms with Gasteiger partial charge >= 0.3 is 0 Å². The van der Waals surface area contributed by atoms with Crippen LogP contribution in [0.2, 0.25) is 0 Å². The maximum atomic E-state index is 12.4. The van der Waals surface area contributed by atoms with Crippen LogP contribution in [0.4, 0.5) is 0 Å². The third-order valence-corrected chi connectivity index (χ3v) is 5.95. The van der Waals surface area contributed by atoms with Crippen molar-refractivity contribution >= 4 is 27.5 Å². The molecule has 0 aliphatic rings. The third kappa shape index (κ3) is 4.95. The molecule has 0 saturated heterocycles. The molecular weight excluding hydrogens is 390 g/mol. The second-order valence-electron chi connectivity index (χ2n) is 6.82. The van der Waals surface area contributed by atoms with Crippen molar-refractivity contribution in [3.63, 3.8) is 0 Å². The first kappa shape index (κ1) is 20.9. The lowest BCUT2D eigenvalue weighted by Gasteiger charge is -2.17. The van der Waals surface area contributed by atoms with Crippen molar-refractivity contribution in [1.29, 1.82) is 0 Å². The lowest BCUT2D eigenvalue weighted by atomic mass is 10.2. The molecule has 1 aromatic carbocycles. The highest BCUT2D eigenvalue weighted by molar-refractivity contribution is 7.18. The highest BCUT2D eigenvalue weighted by Crippen LogP contribution is 2.25. The Labute approximate surface area is 173 Å². The van der Waals surface area contributed by atoms with Crippen LogP contribution in [0.1, 0.15) is 22.7 Å². The minimum atomic E-state index is -0.138. The lowest BCUT2D eigenvalue weighted by Crippen LogP contribution is -2.31. The van der Waals surface area contributed by atoms with Gasteiger partial charge in [-0.1, -0.05) is 0 Å². The van der Waals surface area contributed by atoms with E-state index in [1.807, 2.05) is 38.1 Å². The molecule has 0 unspecified atom stereocenters. The molecule has 0 fully saturated rings. The van der Waals surface area contributed by atoms with Crippen LogP contribution < -0.4 is 15.0 Å². The number of rotatable bonds is 8. The number of nitrogens with zero attached hydrogens (tertiary/aromatic N) is 2. The first-order valence-electron chi connectivity index (χ1n) is 9.38. The van der Waals surface area contributed by atoms with Crippen LogP contribution in [0, 0.1) is 13.8 Å². The zero-order chi connectivity index (χ0) is 21.0. The van der Waals surface area contributed by atoms with Crippen LogP contribution in [-0.2, 0) is 11.2 Å². The molecule has 0 saturated carbocycles. The standard InChI is InChI=1S/C21H25N3O4S/c1-13-14(2)29-21-19(13)20(26)22-17(23-21)9-10-18(25)24(3)11-12-28-16-7-5-15(27-4)6-8-16/h5-8H,9-12H2,1-4H3,(H,22,23,26). The summed E-state index contributed by atoms with van der Waals surface area (Å²) >= 11 is 1.51. The van der Waals surface area contributed by atoms with Crippen molar-refractivity contribution in [2.45, 2.75) is 26.7 Å². The summed E-state index contributed by atoms with van der Waals surface area (Å²) in [6, 6.07) is 7.30. The SMILES string of the molecule is COc1ccc(OCCN(C)C(=O)CCc2nc3sc(C)c(C)c3c(=O)[nH]2)cc1. The first-order chi connectivity index (χ1) is 13.9. The number of benzene rings is 1. The fraction of sp³-hybridized carbons (Fsp3) is 0.381. The fourth-order valence-electron chi connectivity index (χ4n) is 2.93. The summed E-state index contributed by atoms with van der Waals surface area (Å²) in [6.45, 7) is 4.77. The number of fused-ring (bicyclic) bond motifs is 1. The predicted octanol–water partition coefficient (Wildman–Crippen LogP) is 3.08. The summed E-state index contributed by atoms with van der Waals surface area (Å²) in [5.41, 5.74) is 0.832. The van der Waals surface area contributed by atoms with E-state index >= 15 is 0 Å². The molecule has 1 N–H and O–H groups in total. The summed E-state index contributed by atoms with van der Waals surface area (Å²) in [4.78, 5) is 35.5. The molecule has 0 atom stereocenters. The van der Waals surface area contributed by atoms with E-state index in [2.05, 4.69) is 9.97 Å². The Balaban J connectivity index is 1.50. The Morgan fingerprint density at radius 1 is 1.21 bits per heavy atom. The van der Waals surface area contributed by atoms with E-state index < -0.39 is 0 Å². The van der Waals surface area contributed by atoms with E-state index in [0.29, 0.717) is 30.8 Å². The van der Waals surface area contributed by atoms with E-state index in [9.17, 15) is 9.59 Å². The number of hydrogen-bond acceptors (Lipinski definition) is 6. The van der Waals surface area contributed by atoms with Crippen LogP contribution in [0.15, 0.2) is 29.1 Å². The molecule has 2 heterocycles. The molecule has 154 valence electrons. The molecule has 29 heavy (non-hydrogen) atoms. The van der Waals surface area contributed by atoms with E-state index in [-0.39, 0.29) is 17.9 Å². The van der Waals surface area contributed by atoms with Gasteiger partial charge in [0.2, 0.25) is 5.91 Å². The molecule has 0 bridgehead atoms. The van der Waals surface area contributed by atoms with Gasteiger partial charge in [0, 0.05) is 24.8 Å². The van der Waals surface area contributed by atoms with Gasteiger partial charge < -0.3 is 19.4 Å². The van der Waals surface area contributed by atoms with E-state index in [1.54, 1.807) is 19.1 Å². The van der Waals surface area contributed by atoms with Crippen molar-refractivity contribution < 1.29 is 14.3 Å². The Kier molecular flexibility index (Phi) is 6.53. The topological polar surface area (TPSA) is 84.5 Å². The molecule has 0 aliphatic carbocycles. The molecule has 0 radical (unpaired) electrons. The van der Waals surface area contributed by atoms with Crippen molar-refractivity contribution in [1.82, 2.24) is 14.9 Å². The number of aromatic nitrogens is 2. The summed E-state index contributed by atoms with van der Waals surface area (Å²) in [5.74, 6) is 2.01. The number of carbonyl (C=O) groups excluding carboxylic acids is 1. The number of nitrogens with one attached hydrogen (secondary N) is 1. The molecule has 2 aromatic heterocycles.